The molecule has 0 unspecified atom stereocenters. The zero-order valence-corrected chi connectivity index (χ0v) is 13.3. The van der Waals surface area contributed by atoms with E-state index in [0.29, 0.717) is 18.4 Å². The fourth-order valence-electron chi connectivity index (χ4n) is 3.97. The molecular formula is C19H21N3O. The van der Waals surface area contributed by atoms with Gasteiger partial charge in [-0.1, -0.05) is 42.5 Å². The third-order valence-corrected chi connectivity index (χ3v) is 5.16. The molecule has 3 atom stereocenters. The van der Waals surface area contributed by atoms with Gasteiger partial charge < -0.3 is 4.90 Å². The zero-order chi connectivity index (χ0) is 15.8. The highest BCUT2D eigenvalue weighted by molar-refractivity contribution is 5.80. The molecule has 1 fully saturated rings. The lowest BCUT2D eigenvalue weighted by atomic mass is 9.92. The molecule has 0 aliphatic heterocycles. The van der Waals surface area contributed by atoms with Crippen LogP contribution in [0.1, 0.15) is 18.4 Å². The molecular weight excluding hydrogens is 286 g/mol. The molecule has 0 spiro atoms. The zero-order valence-electron chi connectivity index (χ0n) is 13.3. The SMILES string of the molecule is CN(Cc1cn[nH]c1-c1ccccc1)C(=O)[C@H]1C[C@@H]2C=C[C@H]1C2. The van der Waals surface area contributed by atoms with Gasteiger partial charge in [-0.25, -0.2) is 0 Å². The minimum Gasteiger partial charge on any atom is -0.341 e. The number of allylic oxidation sites excluding steroid dienone is 2. The third-order valence-electron chi connectivity index (χ3n) is 5.16. The molecule has 0 radical (unpaired) electrons. The summed E-state index contributed by atoms with van der Waals surface area (Å²) in [7, 11) is 1.90. The van der Waals surface area contributed by atoms with Crippen LogP contribution < -0.4 is 0 Å². The van der Waals surface area contributed by atoms with Crippen LogP contribution in [0.3, 0.4) is 0 Å². The summed E-state index contributed by atoms with van der Waals surface area (Å²) in [6.45, 7) is 0.594. The second-order valence-electron chi connectivity index (χ2n) is 6.72. The van der Waals surface area contributed by atoms with Crippen LogP contribution in [0, 0.1) is 17.8 Å². The predicted molar refractivity (Wildman–Crippen MR) is 89.3 cm³/mol. The molecule has 2 bridgehead atoms. The van der Waals surface area contributed by atoms with E-state index in [1.54, 1.807) is 0 Å². The van der Waals surface area contributed by atoms with Gasteiger partial charge in [-0.3, -0.25) is 9.89 Å². The molecule has 4 rings (SSSR count). The summed E-state index contributed by atoms with van der Waals surface area (Å²) < 4.78 is 0. The number of rotatable bonds is 4. The average Bonchev–Trinajstić information content (AvgIpc) is 3.31. The van der Waals surface area contributed by atoms with Crippen molar-refractivity contribution in [3.63, 3.8) is 0 Å². The van der Waals surface area contributed by atoms with Gasteiger partial charge in [0.2, 0.25) is 5.91 Å². The Hall–Kier alpha value is -2.36. The number of fused-ring (bicyclic) bond motifs is 2. The van der Waals surface area contributed by atoms with Crippen molar-refractivity contribution < 1.29 is 4.79 Å². The molecule has 1 heterocycles. The van der Waals surface area contributed by atoms with Gasteiger partial charge in [0.25, 0.3) is 0 Å². The van der Waals surface area contributed by atoms with Crippen molar-refractivity contribution in [3.8, 4) is 11.3 Å². The van der Waals surface area contributed by atoms with Crippen LogP contribution in [0.15, 0.2) is 48.7 Å². The fraction of sp³-hybridized carbons (Fsp3) is 0.368. The lowest BCUT2D eigenvalue weighted by molar-refractivity contribution is -0.135. The summed E-state index contributed by atoms with van der Waals surface area (Å²) in [5, 5.41) is 7.24. The van der Waals surface area contributed by atoms with Gasteiger partial charge in [0.05, 0.1) is 11.9 Å². The minimum atomic E-state index is 0.169. The number of carbonyl (C=O) groups is 1. The van der Waals surface area contributed by atoms with Crippen LogP contribution in [0.25, 0.3) is 11.3 Å². The van der Waals surface area contributed by atoms with E-state index >= 15 is 0 Å². The van der Waals surface area contributed by atoms with E-state index in [0.717, 1.165) is 29.7 Å². The van der Waals surface area contributed by atoms with Gasteiger partial charge in [-0.15, -0.1) is 0 Å². The molecule has 1 N–H and O–H groups in total. The van der Waals surface area contributed by atoms with Gasteiger partial charge in [0.15, 0.2) is 0 Å². The van der Waals surface area contributed by atoms with E-state index in [4.69, 9.17) is 0 Å². The van der Waals surface area contributed by atoms with Crippen LogP contribution in [0.4, 0.5) is 0 Å². The molecule has 0 saturated heterocycles. The Morgan fingerprint density at radius 2 is 2.09 bits per heavy atom. The van der Waals surface area contributed by atoms with Crippen molar-refractivity contribution in [2.24, 2.45) is 17.8 Å². The number of aromatic amines is 1. The van der Waals surface area contributed by atoms with E-state index in [9.17, 15) is 4.79 Å². The van der Waals surface area contributed by atoms with Crippen LogP contribution in [0.5, 0.6) is 0 Å². The van der Waals surface area contributed by atoms with Crippen molar-refractivity contribution in [1.29, 1.82) is 0 Å². The number of H-pyrrole nitrogens is 1. The van der Waals surface area contributed by atoms with Crippen LogP contribution in [-0.2, 0) is 11.3 Å². The van der Waals surface area contributed by atoms with Gasteiger partial charge in [-0.05, 0) is 30.2 Å². The maximum absolute atomic E-state index is 12.8. The molecule has 23 heavy (non-hydrogen) atoms. The Morgan fingerprint density at radius 3 is 2.78 bits per heavy atom. The lowest BCUT2D eigenvalue weighted by Gasteiger charge is -2.24. The van der Waals surface area contributed by atoms with Crippen LogP contribution in [-0.4, -0.2) is 28.1 Å². The van der Waals surface area contributed by atoms with Crippen molar-refractivity contribution in [3.05, 3.63) is 54.2 Å². The number of hydrogen-bond donors (Lipinski definition) is 1. The quantitative estimate of drug-likeness (QED) is 0.882. The molecule has 4 nitrogen and oxygen atoms in total. The number of benzene rings is 1. The van der Waals surface area contributed by atoms with Crippen molar-refractivity contribution in [1.82, 2.24) is 15.1 Å². The van der Waals surface area contributed by atoms with Crippen molar-refractivity contribution in [2.45, 2.75) is 19.4 Å². The Morgan fingerprint density at radius 1 is 1.26 bits per heavy atom. The van der Waals surface area contributed by atoms with Gasteiger partial charge in [0.1, 0.15) is 0 Å². The summed E-state index contributed by atoms with van der Waals surface area (Å²) >= 11 is 0. The molecule has 1 aromatic carbocycles. The first-order chi connectivity index (χ1) is 11.2. The first kappa shape index (κ1) is 14.2. The largest absolute Gasteiger partial charge is 0.341 e. The molecule has 2 aromatic rings. The number of hydrogen-bond acceptors (Lipinski definition) is 2. The predicted octanol–water partition coefficient (Wildman–Crippen LogP) is 3.25. The highest BCUT2D eigenvalue weighted by Gasteiger charge is 2.40. The van der Waals surface area contributed by atoms with E-state index < -0.39 is 0 Å². The smallest absolute Gasteiger partial charge is 0.226 e. The van der Waals surface area contributed by atoms with Gasteiger partial charge in [0, 0.05) is 25.1 Å². The van der Waals surface area contributed by atoms with E-state index in [1.807, 2.05) is 36.3 Å². The lowest BCUT2D eigenvalue weighted by Crippen LogP contribution is -2.34. The van der Waals surface area contributed by atoms with Crippen LogP contribution in [0.2, 0.25) is 0 Å². The Kier molecular flexibility index (Phi) is 3.52. The second kappa shape index (κ2) is 5.69. The summed E-state index contributed by atoms with van der Waals surface area (Å²) in [4.78, 5) is 14.6. The normalized spacial score (nSPS) is 25.0. The van der Waals surface area contributed by atoms with Gasteiger partial charge >= 0.3 is 0 Å². The summed E-state index contributed by atoms with van der Waals surface area (Å²) in [6, 6.07) is 10.1. The molecule has 1 amide bonds. The standard InChI is InChI=1S/C19H21N3O/c1-22(19(23)17-10-13-7-8-15(17)9-13)12-16-11-20-21-18(16)14-5-3-2-4-6-14/h2-8,11,13,15,17H,9-10,12H2,1H3,(H,20,21)/t13-,15+,17+/m1/s1. The van der Waals surface area contributed by atoms with Crippen LogP contribution >= 0.6 is 0 Å². The number of nitrogens with one attached hydrogen (secondary N) is 1. The Labute approximate surface area is 136 Å². The average molecular weight is 307 g/mol. The second-order valence-corrected chi connectivity index (χ2v) is 6.72. The Balaban J connectivity index is 1.49. The third kappa shape index (κ3) is 2.58. The summed E-state index contributed by atoms with van der Waals surface area (Å²) in [5.74, 6) is 1.51. The molecule has 1 aromatic heterocycles. The Bertz CT molecular complexity index is 734. The molecule has 4 heteroatoms. The van der Waals surface area contributed by atoms with Gasteiger partial charge in [-0.2, -0.15) is 5.10 Å². The molecule has 1 saturated carbocycles. The van der Waals surface area contributed by atoms with E-state index in [1.165, 1.54) is 0 Å². The number of amides is 1. The first-order valence-electron chi connectivity index (χ1n) is 8.23. The summed E-state index contributed by atoms with van der Waals surface area (Å²) in [6.07, 6.45) is 8.51. The van der Waals surface area contributed by atoms with Crippen molar-refractivity contribution in [2.75, 3.05) is 7.05 Å². The molecule has 118 valence electrons. The number of aromatic nitrogens is 2. The maximum Gasteiger partial charge on any atom is 0.226 e. The molecule has 2 aliphatic carbocycles. The maximum atomic E-state index is 12.8. The first-order valence-corrected chi connectivity index (χ1v) is 8.23. The fourth-order valence-corrected chi connectivity index (χ4v) is 3.97. The minimum absolute atomic E-state index is 0.169. The number of carbonyl (C=O) groups excluding carboxylic acids is 1. The molecule has 2 aliphatic rings. The van der Waals surface area contributed by atoms with E-state index in [-0.39, 0.29) is 11.8 Å². The topological polar surface area (TPSA) is 49.0 Å². The summed E-state index contributed by atoms with van der Waals surface area (Å²) in [5.41, 5.74) is 3.16. The van der Waals surface area contributed by atoms with Crippen molar-refractivity contribution >= 4 is 5.91 Å². The highest BCUT2D eigenvalue weighted by atomic mass is 16.2. The monoisotopic (exact) mass is 307 g/mol. The number of nitrogens with zero attached hydrogens (tertiary/aromatic N) is 2. The highest BCUT2D eigenvalue weighted by Crippen LogP contribution is 2.44. The van der Waals surface area contributed by atoms with E-state index in [2.05, 4.69) is 34.5 Å².